The van der Waals surface area contributed by atoms with Crippen molar-refractivity contribution in [2.75, 3.05) is 46.2 Å². The number of carbonyl (C=O) groups is 2. The average Bonchev–Trinajstić information content (AvgIpc) is 2.57. The largest absolute Gasteiger partial charge is 0.480 e. The Bertz CT molecular complexity index is 473. The molecule has 0 heterocycles. The molecule has 1 amide bonds. The predicted molar refractivity (Wildman–Crippen MR) is 98.3 cm³/mol. The zero-order valence-corrected chi connectivity index (χ0v) is 16.1. The molecule has 4 saturated carbocycles. The molecule has 4 fully saturated rings. The molecule has 7 nitrogen and oxygen atoms in total. The van der Waals surface area contributed by atoms with Gasteiger partial charge >= 0.3 is 5.97 Å². The fourth-order valence-electron chi connectivity index (χ4n) is 5.77. The lowest BCUT2D eigenvalue weighted by atomic mass is 9.49. The monoisotopic (exact) mass is 383 g/mol. The molecular formula is C20H33NO6. The molecule has 0 unspecified atom stereocenters. The summed E-state index contributed by atoms with van der Waals surface area (Å²) in [6.07, 6.45) is 8.69. The molecule has 0 radical (unpaired) electrons. The first kappa shape index (κ1) is 20.6. The molecule has 154 valence electrons. The summed E-state index contributed by atoms with van der Waals surface area (Å²) in [4.78, 5) is 22.6. The Hall–Kier alpha value is -1.18. The fourth-order valence-corrected chi connectivity index (χ4v) is 5.77. The minimum atomic E-state index is -0.983. The van der Waals surface area contributed by atoms with E-state index in [1.807, 2.05) is 0 Å². The maximum absolute atomic E-state index is 12.4. The maximum atomic E-state index is 12.4. The van der Waals surface area contributed by atoms with Gasteiger partial charge in [-0.05, 0) is 61.7 Å². The first-order valence-corrected chi connectivity index (χ1v) is 10.3. The summed E-state index contributed by atoms with van der Waals surface area (Å²) in [6, 6.07) is 0. The van der Waals surface area contributed by atoms with Crippen LogP contribution in [0.5, 0.6) is 0 Å². The van der Waals surface area contributed by atoms with Crippen LogP contribution in [0.4, 0.5) is 0 Å². The molecule has 0 aromatic heterocycles. The van der Waals surface area contributed by atoms with E-state index in [9.17, 15) is 9.59 Å². The highest BCUT2D eigenvalue weighted by molar-refractivity contribution is 5.76. The summed E-state index contributed by atoms with van der Waals surface area (Å²) in [5, 5.41) is 11.4. The van der Waals surface area contributed by atoms with E-state index in [-0.39, 0.29) is 24.5 Å². The molecule has 4 bridgehead atoms. The van der Waals surface area contributed by atoms with Gasteiger partial charge in [0.25, 0.3) is 0 Å². The highest BCUT2D eigenvalue weighted by Crippen LogP contribution is 2.61. The number of carboxylic acid groups (broad SMARTS) is 1. The number of hydrogen-bond acceptors (Lipinski definition) is 5. The number of carboxylic acids is 1. The maximum Gasteiger partial charge on any atom is 0.329 e. The van der Waals surface area contributed by atoms with E-state index in [2.05, 4.69) is 5.32 Å². The topological polar surface area (TPSA) is 94.1 Å². The molecule has 27 heavy (non-hydrogen) atoms. The van der Waals surface area contributed by atoms with Crippen LogP contribution in [0, 0.1) is 23.2 Å². The van der Waals surface area contributed by atoms with Gasteiger partial charge in [0.15, 0.2) is 0 Å². The zero-order valence-electron chi connectivity index (χ0n) is 16.1. The third-order valence-electron chi connectivity index (χ3n) is 6.24. The van der Waals surface area contributed by atoms with Gasteiger partial charge in [-0.15, -0.1) is 0 Å². The van der Waals surface area contributed by atoms with E-state index in [0.717, 1.165) is 17.8 Å². The van der Waals surface area contributed by atoms with Gasteiger partial charge in [0.2, 0.25) is 5.91 Å². The van der Waals surface area contributed by atoms with Crippen LogP contribution in [-0.4, -0.2) is 63.2 Å². The lowest BCUT2D eigenvalue weighted by Crippen LogP contribution is -2.48. The Balaban J connectivity index is 1.18. The van der Waals surface area contributed by atoms with Crippen LogP contribution in [0.15, 0.2) is 0 Å². The molecule has 0 aliphatic heterocycles. The average molecular weight is 383 g/mol. The van der Waals surface area contributed by atoms with Crippen molar-refractivity contribution in [1.29, 1.82) is 0 Å². The van der Waals surface area contributed by atoms with Crippen LogP contribution in [0.3, 0.4) is 0 Å². The second kappa shape index (κ2) is 9.85. The number of amides is 1. The number of ether oxygens (including phenoxy) is 3. The Morgan fingerprint density at radius 3 is 1.93 bits per heavy atom. The molecule has 0 aromatic carbocycles. The van der Waals surface area contributed by atoms with Crippen molar-refractivity contribution in [3.05, 3.63) is 0 Å². The minimum Gasteiger partial charge on any atom is -0.480 e. The van der Waals surface area contributed by atoms with Crippen LogP contribution in [0.2, 0.25) is 0 Å². The third-order valence-corrected chi connectivity index (χ3v) is 6.24. The summed E-state index contributed by atoms with van der Waals surface area (Å²) in [7, 11) is 0. The smallest absolute Gasteiger partial charge is 0.329 e. The zero-order chi connectivity index (χ0) is 19.1. The Morgan fingerprint density at radius 2 is 1.37 bits per heavy atom. The summed E-state index contributed by atoms with van der Waals surface area (Å²) in [6.45, 7) is 2.19. The Kier molecular flexibility index (Phi) is 7.49. The second-order valence-electron chi connectivity index (χ2n) is 8.62. The first-order chi connectivity index (χ1) is 13.0. The van der Waals surface area contributed by atoms with Crippen molar-refractivity contribution >= 4 is 11.9 Å². The van der Waals surface area contributed by atoms with Crippen LogP contribution in [-0.2, 0) is 23.8 Å². The van der Waals surface area contributed by atoms with Gasteiger partial charge in [0.05, 0.1) is 33.0 Å². The molecule has 7 heteroatoms. The minimum absolute atomic E-state index is 0.173. The normalized spacial score (nSPS) is 31.2. The van der Waals surface area contributed by atoms with Gasteiger partial charge in [-0.1, -0.05) is 0 Å². The fraction of sp³-hybridized carbons (Fsp3) is 0.900. The molecule has 4 aliphatic rings. The summed E-state index contributed by atoms with van der Waals surface area (Å²) >= 11 is 0. The highest BCUT2D eigenvalue weighted by Gasteiger charge is 2.51. The number of carbonyl (C=O) groups excluding carboxylic acids is 1. The number of rotatable bonds is 13. The first-order valence-electron chi connectivity index (χ1n) is 10.3. The standard InChI is InChI=1S/C20H33NO6/c22-18(13-20-10-15-7-16(11-20)9-17(8-15)12-20)21-1-2-25-3-4-26-5-6-27-14-19(23)24/h15-17H,1-14H2,(H,21,22)(H,23,24). The molecule has 2 N–H and O–H groups in total. The summed E-state index contributed by atoms with van der Waals surface area (Å²) in [5.74, 6) is 1.82. The van der Waals surface area contributed by atoms with Crippen molar-refractivity contribution in [3.8, 4) is 0 Å². The SMILES string of the molecule is O=C(O)COCCOCCOCCNC(=O)CC12CC3CC(CC(C3)C1)C2. The van der Waals surface area contributed by atoms with Gasteiger partial charge in [-0.3, -0.25) is 4.79 Å². The van der Waals surface area contributed by atoms with E-state index in [1.54, 1.807) is 0 Å². The predicted octanol–water partition coefficient (Wildman–Crippen LogP) is 1.84. The van der Waals surface area contributed by atoms with Crippen molar-refractivity contribution in [3.63, 3.8) is 0 Å². The molecule has 0 atom stereocenters. The molecule has 4 rings (SSSR count). The number of hydrogen-bond donors (Lipinski definition) is 2. The Labute approximate surface area is 161 Å². The quantitative estimate of drug-likeness (QED) is 0.472. The third kappa shape index (κ3) is 6.43. The molecule has 0 aromatic rings. The van der Waals surface area contributed by atoms with Crippen molar-refractivity contribution in [1.82, 2.24) is 5.32 Å². The van der Waals surface area contributed by atoms with Crippen molar-refractivity contribution in [2.45, 2.75) is 44.9 Å². The lowest BCUT2D eigenvalue weighted by Gasteiger charge is -2.56. The van der Waals surface area contributed by atoms with E-state index >= 15 is 0 Å². The molecule has 0 spiro atoms. The lowest BCUT2D eigenvalue weighted by molar-refractivity contribution is -0.142. The summed E-state index contributed by atoms with van der Waals surface area (Å²) in [5.41, 5.74) is 0.288. The van der Waals surface area contributed by atoms with Crippen LogP contribution >= 0.6 is 0 Å². The number of aliphatic carboxylic acids is 1. The van der Waals surface area contributed by atoms with E-state index < -0.39 is 5.97 Å². The van der Waals surface area contributed by atoms with Gasteiger partial charge in [-0.25, -0.2) is 4.79 Å². The van der Waals surface area contributed by atoms with Gasteiger partial charge in [0.1, 0.15) is 6.61 Å². The van der Waals surface area contributed by atoms with Crippen molar-refractivity contribution in [2.24, 2.45) is 23.2 Å². The van der Waals surface area contributed by atoms with Crippen LogP contribution in [0.25, 0.3) is 0 Å². The van der Waals surface area contributed by atoms with Crippen molar-refractivity contribution < 1.29 is 28.9 Å². The summed E-state index contributed by atoms with van der Waals surface area (Å²) < 4.78 is 15.6. The van der Waals surface area contributed by atoms with E-state index in [1.165, 1.54) is 38.5 Å². The molecular weight excluding hydrogens is 350 g/mol. The number of nitrogens with one attached hydrogen (secondary N) is 1. The molecule has 0 saturated heterocycles. The van der Waals surface area contributed by atoms with Gasteiger partial charge in [-0.2, -0.15) is 0 Å². The highest BCUT2D eigenvalue weighted by atomic mass is 16.5. The van der Waals surface area contributed by atoms with E-state index in [0.29, 0.717) is 39.4 Å². The molecule has 4 aliphatic carbocycles. The Morgan fingerprint density at radius 1 is 0.852 bits per heavy atom. The van der Waals surface area contributed by atoms with E-state index in [4.69, 9.17) is 19.3 Å². The van der Waals surface area contributed by atoms with Crippen LogP contribution < -0.4 is 5.32 Å². The van der Waals surface area contributed by atoms with Gasteiger partial charge in [0, 0.05) is 13.0 Å². The van der Waals surface area contributed by atoms with Gasteiger partial charge < -0.3 is 24.6 Å². The second-order valence-corrected chi connectivity index (χ2v) is 8.62. The van der Waals surface area contributed by atoms with Crippen LogP contribution in [0.1, 0.15) is 44.9 Å².